The normalized spacial score (nSPS) is 12.4. The molecule has 3 rings (SSSR count). The van der Waals surface area contributed by atoms with Gasteiger partial charge in [0, 0.05) is 23.7 Å². The topological polar surface area (TPSA) is 140 Å². The molecule has 12 heteroatoms. The molecule has 0 bridgehead atoms. The van der Waals surface area contributed by atoms with Crippen LogP contribution in [0.4, 0.5) is 10.1 Å². The second-order valence-electron chi connectivity index (χ2n) is 9.32. The fraction of sp³-hybridized carbons (Fsp3) is 0.346. The van der Waals surface area contributed by atoms with Crippen molar-refractivity contribution in [3.05, 3.63) is 59.5 Å². The number of carboxylic acids is 1. The average Bonchev–Trinajstić information content (AvgIpc) is 3.15. The van der Waals surface area contributed by atoms with E-state index in [4.69, 9.17) is 4.74 Å². The number of halogens is 1. The Morgan fingerprint density at radius 3 is 2.47 bits per heavy atom. The third-order valence-electron chi connectivity index (χ3n) is 5.61. The van der Waals surface area contributed by atoms with E-state index in [1.165, 1.54) is 43.3 Å². The Bertz CT molecular complexity index is 1450. The number of ether oxygens (including phenoxy) is 1. The molecule has 38 heavy (non-hydrogen) atoms. The molecule has 0 radical (unpaired) electrons. The summed E-state index contributed by atoms with van der Waals surface area (Å²) in [6, 6.07) is 9.00. The third-order valence-corrected chi connectivity index (χ3v) is 7.22. The van der Waals surface area contributed by atoms with Crippen LogP contribution in [-0.4, -0.2) is 41.2 Å². The number of anilines is 1. The van der Waals surface area contributed by atoms with E-state index >= 15 is 0 Å². The fourth-order valence-corrected chi connectivity index (χ4v) is 5.05. The summed E-state index contributed by atoms with van der Waals surface area (Å²) in [5, 5.41) is 16.4. The summed E-state index contributed by atoms with van der Waals surface area (Å²) in [7, 11) is -4.14. The van der Waals surface area contributed by atoms with Crippen LogP contribution in [0.5, 0.6) is 11.6 Å². The average molecular weight is 547 g/mol. The van der Waals surface area contributed by atoms with Crippen molar-refractivity contribution < 1.29 is 32.2 Å². The maximum absolute atomic E-state index is 14.0. The lowest BCUT2D eigenvalue weighted by Gasteiger charge is -2.18. The highest BCUT2D eigenvalue weighted by Crippen LogP contribution is 2.35. The molecule has 1 aromatic heterocycles. The molecule has 0 spiro atoms. The highest BCUT2D eigenvalue weighted by atomic mass is 32.2. The zero-order valence-corrected chi connectivity index (χ0v) is 22.6. The number of nitrogens with zero attached hydrogens (tertiary/aromatic N) is 2. The number of hydrogen-bond acceptors (Lipinski definition) is 6. The molecule has 3 N–H and O–H groups in total. The first-order chi connectivity index (χ1) is 17.8. The molecule has 3 aromatic rings. The van der Waals surface area contributed by atoms with Crippen LogP contribution >= 0.6 is 0 Å². The number of sulfonamides is 1. The van der Waals surface area contributed by atoms with Crippen LogP contribution in [0.15, 0.2) is 47.4 Å². The molecule has 0 aliphatic rings. The van der Waals surface area contributed by atoms with Gasteiger partial charge < -0.3 is 15.2 Å². The van der Waals surface area contributed by atoms with Crippen LogP contribution < -0.4 is 14.8 Å². The monoisotopic (exact) mass is 546 g/mol. The quantitative estimate of drug-likeness (QED) is 0.312. The molecule has 0 fully saturated rings. The summed E-state index contributed by atoms with van der Waals surface area (Å²) >= 11 is 0. The molecule has 10 nitrogen and oxygen atoms in total. The second kappa shape index (κ2) is 11.7. The lowest BCUT2D eigenvalue weighted by atomic mass is 10.1. The predicted molar refractivity (Wildman–Crippen MR) is 140 cm³/mol. The van der Waals surface area contributed by atoms with E-state index in [0.29, 0.717) is 6.42 Å². The van der Waals surface area contributed by atoms with Crippen molar-refractivity contribution in [3.8, 4) is 17.3 Å². The van der Waals surface area contributed by atoms with Gasteiger partial charge in [-0.2, -0.15) is 9.78 Å². The molecule has 1 amide bonds. The minimum Gasteiger partial charge on any atom is -0.476 e. The smallest absolute Gasteiger partial charge is 0.356 e. The second-order valence-corrected chi connectivity index (χ2v) is 11.0. The first-order valence-electron chi connectivity index (χ1n) is 12.0. The Labute approximate surface area is 220 Å². The largest absolute Gasteiger partial charge is 0.476 e. The van der Waals surface area contributed by atoms with Gasteiger partial charge in [0.05, 0.1) is 5.69 Å². The highest BCUT2D eigenvalue weighted by molar-refractivity contribution is 7.89. The van der Waals surface area contributed by atoms with Crippen LogP contribution in [0.3, 0.4) is 0 Å². The SMILES string of the molecule is CCC(C)NS(=O)(=O)c1cc(NC(=O)CC(C)C)ccc1Oc1c(C)c(C(=O)O)nn1-c1cccc(F)c1. The van der Waals surface area contributed by atoms with Gasteiger partial charge in [0.2, 0.25) is 21.8 Å². The molecule has 0 saturated heterocycles. The number of carbonyl (C=O) groups excluding carboxylic acids is 1. The molecule has 2 aromatic carbocycles. The zero-order valence-electron chi connectivity index (χ0n) is 21.8. The standard InChI is InChI=1S/C26H31FN4O6S/c1-6-16(4)30-38(35,36)22-14-19(28-23(32)12-15(2)3)10-11-21(22)37-25-17(5)24(26(33)34)29-31(25)20-9-7-8-18(27)13-20/h7-11,13-16,30H,6,12H2,1-5H3,(H,28,32)(H,33,34). The summed E-state index contributed by atoms with van der Waals surface area (Å²) in [4.78, 5) is 23.8. The summed E-state index contributed by atoms with van der Waals surface area (Å²) in [5.74, 6) is -2.34. The zero-order chi connectivity index (χ0) is 28.2. The van der Waals surface area contributed by atoms with Gasteiger partial charge in [-0.25, -0.2) is 22.3 Å². The van der Waals surface area contributed by atoms with Gasteiger partial charge >= 0.3 is 5.97 Å². The first-order valence-corrected chi connectivity index (χ1v) is 13.5. The maximum Gasteiger partial charge on any atom is 0.356 e. The lowest BCUT2D eigenvalue weighted by molar-refractivity contribution is -0.116. The van der Waals surface area contributed by atoms with E-state index in [1.807, 2.05) is 20.8 Å². The van der Waals surface area contributed by atoms with Gasteiger partial charge in [-0.15, -0.1) is 0 Å². The van der Waals surface area contributed by atoms with Crippen molar-refractivity contribution in [1.29, 1.82) is 0 Å². The van der Waals surface area contributed by atoms with Crippen molar-refractivity contribution in [2.45, 2.75) is 58.4 Å². The van der Waals surface area contributed by atoms with Gasteiger partial charge in [0.15, 0.2) is 5.69 Å². The molecule has 0 saturated carbocycles. The van der Waals surface area contributed by atoms with Crippen LogP contribution in [-0.2, 0) is 14.8 Å². The van der Waals surface area contributed by atoms with Gasteiger partial charge in [-0.3, -0.25) is 4.79 Å². The Morgan fingerprint density at radius 1 is 1.16 bits per heavy atom. The highest BCUT2D eigenvalue weighted by Gasteiger charge is 2.27. The molecule has 1 atom stereocenters. The number of carboxylic acid groups (broad SMARTS) is 1. The van der Waals surface area contributed by atoms with Crippen molar-refractivity contribution >= 4 is 27.6 Å². The number of aromatic nitrogens is 2. The van der Waals surface area contributed by atoms with Crippen LogP contribution in [0, 0.1) is 18.7 Å². The molecular weight excluding hydrogens is 515 g/mol. The van der Waals surface area contributed by atoms with Gasteiger partial charge in [-0.1, -0.05) is 26.8 Å². The van der Waals surface area contributed by atoms with Gasteiger partial charge in [0.25, 0.3) is 0 Å². The molecule has 1 heterocycles. The van der Waals surface area contributed by atoms with Crippen molar-refractivity contribution in [2.75, 3.05) is 5.32 Å². The third kappa shape index (κ3) is 6.75. The van der Waals surface area contributed by atoms with E-state index < -0.39 is 27.9 Å². The van der Waals surface area contributed by atoms with Crippen molar-refractivity contribution in [3.63, 3.8) is 0 Å². The van der Waals surface area contributed by atoms with E-state index in [0.717, 1.165) is 10.7 Å². The number of nitrogens with one attached hydrogen (secondary N) is 2. The number of aromatic carboxylic acids is 1. The minimum atomic E-state index is -4.14. The summed E-state index contributed by atoms with van der Waals surface area (Å²) < 4.78 is 50.3. The number of benzene rings is 2. The number of rotatable bonds is 11. The fourth-order valence-electron chi connectivity index (χ4n) is 3.57. The van der Waals surface area contributed by atoms with Gasteiger partial charge in [-0.05, 0) is 62.6 Å². The lowest BCUT2D eigenvalue weighted by Crippen LogP contribution is -2.32. The number of hydrogen-bond donors (Lipinski definition) is 3. The summed E-state index contributed by atoms with van der Waals surface area (Å²) in [6.45, 7) is 8.75. The van der Waals surface area contributed by atoms with Gasteiger partial charge in [0.1, 0.15) is 16.5 Å². The number of amides is 1. The molecular formula is C26H31FN4O6S. The minimum absolute atomic E-state index is 0.0994. The van der Waals surface area contributed by atoms with Crippen LogP contribution in [0.25, 0.3) is 5.69 Å². The van der Waals surface area contributed by atoms with Crippen LogP contribution in [0.2, 0.25) is 0 Å². The molecule has 1 unspecified atom stereocenters. The van der Waals surface area contributed by atoms with E-state index in [2.05, 4.69) is 15.1 Å². The predicted octanol–water partition coefficient (Wildman–Crippen LogP) is 4.87. The van der Waals surface area contributed by atoms with Crippen molar-refractivity contribution in [1.82, 2.24) is 14.5 Å². The summed E-state index contributed by atoms with van der Waals surface area (Å²) in [5.41, 5.74) is 0.183. The molecule has 0 aliphatic carbocycles. The Morgan fingerprint density at radius 2 is 1.87 bits per heavy atom. The first kappa shape index (κ1) is 28.8. The molecule has 204 valence electrons. The number of carbonyl (C=O) groups is 2. The van der Waals surface area contributed by atoms with Crippen molar-refractivity contribution in [2.24, 2.45) is 5.92 Å². The van der Waals surface area contributed by atoms with E-state index in [9.17, 15) is 27.5 Å². The summed E-state index contributed by atoms with van der Waals surface area (Å²) in [6.07, 6.45) is 0.767. The Balaban J connectivity index is 2.15. The Kier molecular flexibility index (Phi) is 8.89. The van der Waals surface area contributed by atoms with E-state index in [-0.39, 0.29) is 57.4 Å². The Hall–Kier alpha value is -3.77. The molecule has 0 aliphatic heterocycles. The maximum atomic E-state index is 14.0. The van der Waals surface area contributed by atoms with Crippen LogP contribution in [0.1, 0.15) is 56.6 Å². The van der Waals surface area contributed by atoms with E-state index in [1.54, 1.807) is 6.92 Å².